The molecule has 1 aromatic rings. The Kier molecular flexibility index (Phi) is 6.68. The molecule has 0 amide bonds. The van der Waals surface area contributed by atoms with Gasteiger partial charge in [-0.05, 0) is 25.8 Å². The van der Waals surface area contributed by atoms with Crippen LogP contribution in [0.1, 0.15) is 26.3 Å². The third-order valence-corrected chi connectivity index (χ3v) is 2.46. The quantitative estimate of drug-likeness (QED) is 0.770. The van der Waals surface area contributed by atoms with E-state index in [0.29, 0.717) is 5.92 Å². The number of rotatable bonds is 8. The lowest BCUT2D eigenvalue weighted by atomic mass is 10.2. The van der Waals surface area contributed by atoms with Crippen molar-refractivity contribution in [2.75, 3.05) is 20.3 Å². The van der Waals surface area contributed by atoms with E-state index in [2.05, 4.69) is 17.2 Å². The number of ether oxygens (including phenoxy) is 2. The van der Waals surface area contributed by atoms with E-state index in [1.807, 2.05) is 26.0 Å². The zero-order chi connectivity index (χ0) is 13.4. The monoisotopic (exact) mass is 252 g/mol. The molecule has 1 rings (SSSR count). The fourth-order valence-corrected chi connectivity index (χ4v) is 1.68. The van der Waals surface area contributed by atoms with Gasteiger partial charge in [-0.2, -0.15) is 0 Å². The highest BCUT2D eigenvalue weighted by atomic mass is 16.5. The number of nitrogens with one attached hydrogen (secondary N) is 1. The summed E-state index contributed by atoms with van der Waals surface area (Å²) in [5, 5.41) is 3.40. The normalized spacial score (nSPS) is 12.7. The summed E-state index contributed by atoms with van der Waals surface area (Å²) < 4.78 is 10.8. The molecule has 0 aliphatic carbocycles. The van der Waals surface area contributed by atoms with Crippen molar-refractivity contribution in [2.45, 2.75) is 33.4 Å². The van der Waals surface area contributed by atoms with Crippen LogP contribution in [0.3, 0.4) is 0 Å². The van der Waals surface area contributed by atoms with Crippen LogP contribution in [0, 0.1) is 5.92 Å². The van der Waals surface area contributed by atoms with Gasteiger partial charge in [-0.15, -0.1) is 0 Å². The summed E-state index contributed by atoms with van der Waals surface area (Å²) in [6.45, 7) is 8.63. The highest BCUT2D eigenvalue weighted by molar-refractivity contribution is 5.25. The number of hydrogen-bond donors (Lipinski definition) is 1. The van der Waals surface area contributed by atoms with Crippen molar-refractivity contribution in [3.05, 3.63) is 23.9 Å². The Balaban J connectivity index is 2.46. The first-order valence-electron chi connectivity index (χ1n) is 6.43. The van der Waals surface area contributed by atoms with E-state index in [9.17, 15) is 0 Å². The van der Waals surface area contributed by atoms with Crippen molar-refractivity contribution < 1.29 is 9.47 Å². The van der Waals surface area contributed by atoms with Gasteiger partial charge in [-0.1, -0.05) is 13.0 Å². The maximum Gasteiger partial charge on any atom is 0.218 e. The molecule has 1 aromatic heterocycles. The van der Waals surface area contributed by atoms with Crippen molar-refractivity contribution in [3.8, 4) is 5.88 Å². The van der Waals surface area contributed by atoms with Crippen LogP contribution in [0.5, 0.6) is 5.88 Å². The molecule has 0 bridgehead atoms. The van der Waals surface area contributed by atoms with Crippen molar-refractivity contribution in [2.24, 2.45) is 5.92 Å². The number of hydrogen-bond acceptors (Lipinski definition) is 4. The van der Waals surface area contributed by atoms with Gasteiger partial charge in [0, 0.05) is 38.6 Å². The van der Waals surface area contributed by atoms with Crippen LogP contribution in [-0.4, -0.2) is 31.3 Å². The van der Waals surface area contributed by atoms with Crippen LogP contribution < -0.4 is 10.1 Å². The van der Waals surface area contributed by atoms with E-state index in [1.54, 1.807) is 13.3 Å². The molecular formula is C14H24N2O2. The first kappa shape index (κ1) is 14.9. The smallest absolute Gasteiger partial charge is 0.218 e. The minimum Gasteiger partial charge on any atom is -0.475 e. The number of methoxy groups -OCH3 is 1. The standard InChI is InChI=1S/C14H24N2O2/c1-11(2)18-14-13(6-5-7-16-14)9-15-8-12(3)10-17-4/h5-7,11-12,15H,8-10H2,1-4H3. The van der Waals surface area contributed by atoms with Gasteiger partial charge in [0.2, 0.25) is 5.88 Å². The SMILES string of the molecule is COCC(C)CNCc1cccnc1OC(C)C. The largest absolute Gasteiger partial charge is 0.475 e. The summed E-state index contributed by atoms with van der Waals surface area (Å²) in [4.78, 5) is 4.27. The second-order valence-corrected chi connectivity index (χ2v) is 4.83. The predicted octanol–water partition coefficient (Wildman–Crippen LogP) is 2.24. The predicted molar refractivity (Wildman–Crippen MR) is 72.7 cm³/mol. The second kappa shape index (κ2) is 8.06. The Hall–Kier alpha value is -1.13. The van der Waals surface area contributed by atoms with Crippen molar-refractivity contribution in [3.63, 3.8) is 0 Å². The lowest BCUT2D eigenvalue weighted by Gasteiger charge is -2.15. The van der Waals surface area contributed by atoms with E-state index in [4.69, 9.17) is 9.47 Å². The topological polar surface area (TPSA) is 43.4 Å². The average Bonchev–Trinajstić information content (AvgIpc) is 2.31. The Bertz CT molecular complexity index is 342. The molecule has 1 atom stereocenters. The zero-order valence-electron chi connectivity index (χ0n) is 11.8. The maximum atomic E-state index is 5.67. The highest BCUT2D eigenvalue weighted by Gasteiger charge is 2.07. The third-order valence-electron chi connectivity index (χ3n) is 2.46. The first-order chi connectivity index (χ1) is 8.63. The van der Waals surface area contributed by atoms with Crippen molar-refractivity contribution in [1.29, 1.82) is 0 Å². The molecule has 0 aromatic carbocycles. The lowest BCUT2D eigenvalue weighted by molar-refractivity contribution is 0.158. The van der Waals surface area contributed by atoms with Gasteiger partial charge in [0.25, 0.3) is 0 Å². The molecule has 0 aliphatic rings. The zero-order valence-corrected chi connectivity index (χ0v) is 11.8. The molecule has 0 spiro atoms. The summed E-state index contributed by atoms with van der Waals surface area (Å²) in [6, 6.07) is 3.97. The molecule has 102 valence electrons. The fourth-order valence-electron chi connectivity index (χ4n) is 1.68. The van der Waals surface area contributed by atoms with Crippen molar-refractivity contribution >= 4 is 0 Å². The van der Waals surface area contributed by atoms with Crippen LogP contribution in [0.25, 0.3) is 0 Å². The van der Waals surface area contributed by atoms with Gasteiger partial charge in [0.05, 0.1) is 6.10 Å². The number of pyridine rings is 1. The van der Waals surface area contributed by atoms with Crippen LogP contribution in [0.15, 0.2) is 18.3 Å². The summed E-state index contributed by atoms with van der Waals surface area (Å²) in [5.41, 5.74) is 1.09. The van der Waals surface area contributed by atoms with E-state index in [1.165, 1.54) is 0 Å². The minimum atomic E-state index is 0.145. The molecule has 0 aliphatic heterocycles. The molecular weight excluding hydrogens is 228 g/mol. The maximum absolute atomic E-state index is 5.67. The number of aromatic nitrogens is 1. The van der Waals surface area contributed by atoms with E-state index in [0.717, 1.165) is 31.1 Å². The summed E-state index contributed by atoms with van der Waals surface area (Å²) in [6.07, 6.45) is 1.90. The number of nitrogens with zero attached hydrogens (tertiary/aromatic N) is 1. The van der Waals surface area contributed by atoms with Crippen LogP contribution in [0.2, 0.25) is 0 Å². The van der Waals surface area contributed by atoms with Gasteiger partial charge >= 0.3 is 0 Å². The highest BCUT2D eigenvalue weighted by Crippen LogP contribution is 2.15. The Morgan fingerprint density at radius 3 is 2.78 bits per heavy atom. The molecule has 1 unspecified atom stereocenters. The van der Waals surface area contributed by atoms with Gasteiger partial charge in [-0.3, -0.25) is 0 Å². The fraction of sp³-hybridized carbons (Fsp3) is 0.643. The van der Waals surface area contributed by atoms with Crippen LogP contribution in [0.4, 0.5) is 0 Å². The van der Waals surface area contributed by atoms with E-state index in [-0.39, 0.29) is 6.10 Å². The molecule has 4 heteroatoms. The molecule has 1 heterocycles. The van der Waals surface area contributed by atoms with Crippen LogP contribution in [-0.2, 0) is 11.3 Å². The van der Waals surface area contributed by atoms with Crippen molar-refractivity contribution in [1.82, 2.24) is 10.3 Å². The molecule has 4 nitrogen and oxygen atoms in total. The summed E-state index contributed by atoms with van der Waals surface area (Å²) >= 11 is 0. The molecule has 0 saturated carbocycles. The average molecular weight is 252 g/mol. The van der Waals surface area contributed by atoms with Gasteiger partial charge < -0.3 is 14.8 Å². The Labute approximate surface area is 110 Å². The molecule has 0 fully saturated rings. The lowest BCUT2D eigenvalue weighted by Crippen LogP contribution is -2.24. The molecule has 18 heavy (non-hydrogen) atoms. The van der Waals surface area contributed by atoms with Crippen LogP contribution >= 0.6 is 0 Å². The Morgan fingerprint density at radius 2 is 2.11 bits per heavy atom. The Morgan fingerprint density at radius 1 is 1.33 bits per heavy atom. The molecule has 0 radical (unpaired) electrons. The summed E-state index contributed by atoms with van der Waals surface area (Å²) in [5.74, 6) is 1.22. The second-order valence-electron chi connectivity index (χ2n) is 4.83. The first-order valence-corrected chi connectivity index (χ1v) is 6.43. The summed E-state index contributed by atoms with van der Waals surface area (Å²) in [7, 11) is 1.73. The molecule has 1 N–H and O–H groups in total. The van der Waals surface area contributed by atoms with E-state index >= 15 is 0 Å². The van der Waals surface area contributed by atoms with E-state index < -0.39 is 0 Å². The minimum absolute atomic E-state index is 0.145. The third kappa shape index (κ3) is 5.47. The van der Waals surface area contributed by atoms with Gasteiger partial charge in [-0.25, -0.2) is 4.98 Å². The van der Waals surface area contributed by atoms with Gasteiger partial charge in [0.15, 0.2) is 0 Å². The van der Waals surface area contributed by atoms with Gasteiger partial charge in [0.1, 0.15) is 0 Å². The molecule has 0 saturated heterocycles.